The van der Waals surface area contributed by atoms with Crippen molar-refractivity contribution in [3.63, 3.8) is 0 Å². The Kier molecular flexibility index (Phi) is 3.30. The molecule has 0 atom stereocenters. The van der Waals surface area contributed by atoms with E-state index in [0.29, 0.717) is 4.99 Å². The molecule has 4 saturated carbocycles. The summed E-state index contributed by atoms with van der Waals surface area (Å²) < 4.78 is 1.08. The highest BCUT2D eigenvalue weighted by molar-refractivity contribution is 9.10. The monoisotopic (exact) mass is 364 g/mol. The topological polar surface area (TPSA) is 38.0 Å². The fraction of sp³-hybridized carbons (Fsp3) is 0.588. The van der Waals surface area contributed by atoms with Crippen LogP contribution in [0.4, 0.5) is 5.69 Å². The Morgan fingerprint density at radius 3 is 2.24 bits per heavy atom. The molecule has 0 radical (unpaired) electrons. The molecule has 112 valence electrons. The molecule has 2 nitrogen and oxygen atoms in total. The lowest BCUT2D eigenvalue weighted by Gasteiger charge is -2.57. The van der Waals surface area contributed by atoms with Crippen molar-refractivity contribution < 1.29 is 0 Å². The van der Waals surface area contributed by atoms with Crippen molar-refractivity contribution in [1.82, 2.24) is 0 Å². The quantitative estimate of drug-likeness (QED) is 0.777. The molecule has 4 fully saturated rings. The van der Waals surface area contributed by atoms with Crippen molar-refractivity contribution in [3.05, 3.63) is 28.2 Å². The first-order chi connectivity index (χ1) is 10.0. The van der Waals surface area contributed by atoms with Crippen molar-refractivity contribution >= 4 is 38.8 Å². The van der Waals surface area contributed by atoms with Crippen LogP contribution < -0.4 is 11.1 Å². The Morgan fingerprint density at radius 2 is 1.71 bits per heavy atom. The zero-order valence-electron chi connectivity index (χ0n) is 12.1. The Bertz CT molecular complexity index is 563. The minimum absolute atomic E-state index is 0.287. The summed E-state index contributed by atoms with van der Waals surface area (Å²) in [6.07, 6.45) is 8.34. The van der Waals surface area contributed by atoms with E-state index in [1.807, 2.05) is 12.1 Å². The molecular formula is C17H21BrN2S. The number of anilines is 1. The highest BCUT2D eigenvalue weighted by Gasteiger charge is 2.51. The lowest BCUT2D eigenvalue weighted by molar-refractivity contribution is 0.0107. The number of rotatable bonds is 3. The van der Waals surface area contributed by atoms with E-state index in [2.05, 4.69) is 27.3 Å². The second-order valence-corrected chi connectivity index (χ2v) is 8.73. The van der Waals surface area contributed by atoms with Gasteiger partial charge in [-0.05, 0) is 74.5 Å². The summed E-state index contributed by atoms with van der Waals surface area (Å²) in [5, 5.41) is 3.88. The smallest absolute Gasteiger partial charge is 0.106 e. The van der Waals surface area contributed by atoms with Gasteiger partial charge in [0.25, 0.3) is 0 Å². The van der Waals surface area contributed by atoms with Gasteiger partial charge in [0.05, 0.1) is 0 Å². The number of benzene rings is 1. The van der Waals surface area contributed by atoms with Crippen LogP contribution in [0.15, 0.2) is 22.7 Å². The first-order valence-corrected chi connectivity index (χ1v) is 9.11. The minimum Gasteiger partial charge on any atom is -0.389 e. The van der Waals surface area contributed by atoms with Crippen LogP contribution in [0.5, 0.6) is 0 Å². The minimum atomic E-state index is 0.287. The summed E-state index contributed by atoms with van der Waals surface area (Å²) >= 11 is 8.80. The molecule has 21 heavy (non-hydrogen) atoms. The van der Waals surface area contributed by atoms with Gasteiger partial charge in [-0.15, -0.1) is 0 Å². The fourth-order valence-corrected chi connectivity index (χ4v) is 5.92. The summed E-state index contributed by atoms with van der Waals surface area (Å²) in [4.78, 5) is 0.481. The van der Waals surface area contributed by atoms with Gasteiger partial charge >= 0.3 is 0 Å². The SMILES string of the molecule is NC(=S)c1ccc(Br)cc1NC12CC3CC(CC(C3)C1)C2. The van der Waals surface area contributed by atoms with E-state index in [1.165, 1.54) is 38.5 Å². The number of halogens is 1. The third-order valence-electron chi connectivity index (χ3n) is 5.69. The van der Waals surface area contributed by atoms with Crippen molar-refractivity contribution in [2.75, 3.05) is 5.32 Å². The number of thiocarbonyl (C=S) groups is 1. The maximum absolute atomic E-state index is 5.91. The summed E-state index contributed by atoms with van der Waals surface area (Å²) in [5.41, 5.74) is 8.28. The van der Waals surface area contributed by atoms with E-state index in [4.69, 9.17) is 18.0 Å². The van der Waals surface area contributed by atoms with E-state index < -0.39 is 0 Å². The Morgan fingerprint density at radius 1 is 1.14 bits per heavy atom. The van der Waals surface area contributed by atoms with Gasteiger partial charge in [-0.3, -0.25) is 0 Å². The molecule has 1 aromatic rings. The highest BCUT2D eigenvalue weighted by atomic mass is 79.9. The normalized spacial score (nSPS) is 36.7. The summed E-state index contributed by atoms with van der Waals surface area (Å²) in [7, 11) is 0. The molecule has 0 heterocycles. The molecule has 0 saturated heterocycles. The van der Waals surface area contributed by atoms with Crippen LogP contribution in [0.25, 0.3) is 0 Å². The Labute approximate surface area is 140 Å². The molecule has 4 aliphatic rings. The van der Waals surface area contributed by atoms with Gasteiger partial charge in [-0.2, -0.15) is 0 Å². The third-order valence-corrected chi connectivity index (χ3v) is 6.40. The highest BCUT2D eigenvalue weighted by Crippen LogP contribution is 2.56. The molecule has 0 aliphatic heterocycles. The van der Waals surface area contributed by atoms with Gasteiger partial charge in [-0.1, -0.05) is 28.1 Å². The predicted molar refractivity (Wildman–Crippen MR) is 94.6 cm³/mol. The molecule has 5 rings (SSSR count). The van der Waals surface area contributed by atoms with Crippen molar-refractivity contribution in [2.45, 2.75) is 44.1 Å². The first-order valence-electron chi connectivity index (χ1n) is 7.90. The molecule has 0 unspecified atom stereocenters. The van der Waals surface area contributed by atoms with Crippen LogP contribution >= 0.6 is 28.1 Å². The van der Waals surface area contributed by atoms with E-state index in [9.17, 15) is 0 Å². The second-order valence-electron chi connectivity index (χ2n) is 7.38. The standard InChI is InChI=1S/C17H21BrN2S/c18-13-1-2-14(16(19)21)15(6-13)20-17-7-10-3-11(8-17)5-12(4-10)9-17/h1-2,6,10-12,20H,3-5,7-9H2,(H2,19,21). The zero-order chi connectivity index (χ0) is 14.6. The van der Waals surface area contributed by atoms with E-state index in [0.717, 1.165) is 33.5 Å². The third kappa shape index (κ3) is 2.50. The average Bonchev–Trinajstić information content (AvgIpc) is 2.35. The fourth-order valence-electron chi connectivity index (χ4n) is 5.38. The molecule has 0 amide bonds. The maximum Gasteiger partial charge on any atom is 0.106 e. The van der Waals surface area contributed by atoms with E-state index in [-0.39, 0.29) is 5.54 Å². The van der Waals surface area contributed by atoms with Gasteiger partial charge in [0, 0.05) is 21.3 Å². The summed E-state index contributed by atoms with van der Waals surface area (Å²) in [6.45, 7) is 0. The molecule has 1 aromatic carbocycles. The molecular weight excluding hydrogens is 344 g/mol. The number of nitrogens with one attached hydrogen (secondary N) is 1. The van der Waals surface area contributed by atoms with Gasteiger partial charge in [0.2, 0.25) is 0 Å². The average molecular weight is 365 g/mol. The van der Waals surface area contributed by atoms with Crippen LogP contribution in [0.2, 0.25) is 0 Å². The van der Waals surface area contributed by atoms with Crippen LogP contribution in [0, 0.1) is 17.8 Å². The molecule has 0 spiro atoms. The van der Waals surface area contributed by atoms with Gasteiger partial charge in [0.15, 0.2) is 0 Å². The number of hydrogen-bond acceptors (Lipinski definition) is 2. The van der Waals surface area contributed by atoms with Crippen molar-refractivity contribution in [2.24, 2.45) is 23.5 Å². The van der Waals surface area contributed by atoms with E-state index in [1.54, 1.807) is 0 Å². The lowest BCUT2D eigenvalue weighted by atomic mass is 9.53. The van der Waals surface area contributed by atoms with Crippen molar-refractivity contribution in [1.29, 1.82) is 0 Å². The molecule has 3 N–H and O–H groups in total. The van der Waals surface area contributed by atoms with Crippen LogP contribution in [-0.2, 0) is 0 Å². The van der Waals surface area contributed by atoms with Gasteiger partial charge in [-0.25, -0.2) is 0 Å². The first kappa shape index (κ1) is 14.0. The van der Waals surface area contributed by atoms with E-state index >= 15 is 0 Å². The Hall–Kier alpha value is -0.610. The zero-order valence-corrected chi connectivity index (χ0v) is 14.5. The van der Waals surface area contributed by atoms with Crippen LogP contribution in [0.3, 0.4) is 0 Å². The molecule has 4 heteroatoms. The molecule has 4 bridgehead atoms. The second kappa shape index (κ2) is 4.95. The Balaban J connectivity index is 1.67. The predicted octanol–water partition coefficient (Wildman–Crippen LogP) is 4.46. The largest absolute Gasteiger partial charge is 0.389 e. The molecule has 4 aliphatic carbocycles. The van der Waals surface area contributed by atoms with Gasteiger partial charge in [0.1, 0.15) is 4.99 Å². The lowest BCUT2D eigenvalue weighted by Crippen LogP contribution is -2.55. The number of hydrogen-bond donors (Lipinski definition) is 2. The number of nitrogens with two attached hydrogens (primary N) is 1. The van der Waals surface area contributed by atoms with Crippen LogP contribution in [0.1, 0.15) is 44.1 Å². The summed E-state index contributed by atoms with van der Waals surface area (Å²) in [5.74, 6) is 2.80. The summed E-state index contributed by atoms with van der Waals surface area (Å²) in [6, 6.07) is 6.17. The van der Waals surface area contributed by atoms with Crippen molar-refractivity contribution in [3.8, 4) is 0 Å². The molecule has 0 aromatic heterocycles. The van der Waals surface area contributed by atoms with Gasteiger partial charge < -0.3 is 11.1 Å². The maximum atomic E-state index is 5.91. The van der Waals surface area contributed by atoms with Crippen LogP contribution in [-0.4, -0.2) is 10.5 Å².